The lowest BCUT2D eigenvalue weighted by atomic mass is 10.2. The molecule has 1 fully saturated rings. The smallest absolute Gasteiger partial charge is 0.282 e. The quantitative estimate of drug-likeness (QED) is 0.844. The molecule has 0 radical (unpaired) electrons. The van der Waals surface area contributed by atoms with Crippen molar-refractivity contribution in [2.45, 2.75) is 13.0 Å². The van der Waals surface area contributed by atoms with Gasteiger partial charge in [-0.05, 0) is 31.2 Å². The van der Waals surface area contributed by atoms with Crippen LogP contribution in [-0.2, 0) is 4.79 Å². The Kier molecular flexibility index (Phi) is 5.78. The van der Waals surface area contributed by atoms with Gasteiger partial charge in [0.25, 0.3) is 11.7 Å². The zero-order valence-corrected chi connectivity index (χ0v) is 15.6. The summed E-state index contributed by atoms with van der Waals surface area (Å²) >= 11 is 12.0. The first-order valence-electron chi connectivity index (χ1n) is 8.36. The standard InChI is InChI=1S/C18H20Cl2N4O/c1-13(18(25)22-16-11-14(19)10-15(20)12-16)23-6-8-24(9-7-23)17-4-2-3-5-21-17/h2-5,10-13H,6-9H2,1H3,(H,22,25)/p+2/t13-/m1/s1. The van der Waals surface area contributed by atoms with E-state index in [0.29, 0.717) is 15.7 Å². The number of piperazine rings is 1. The highest BCUT2D eigenvalue weighted by atomic mass is 35.5. The van der Waals surface area contributed by atoms with E-state index in [1.807, 2.05) is 25.3 Å². The van der Waals surface area contributed by atoms with Gasteiger partial charge in [0.15, 0.2) is 6.04 Å². The molecule has 0 bridgehead atoms. The lowest BCUT2D eigenvalue weighted by Gasteiger charge is -2.31. The molecule has 2 aromatic rings. The fraction of sp³-hybridized carbons (Fsp3) is 0.333. The minimum atomic E-state index is -0.139. The summed E-state index contributed by atoms with van der Waals surface area (Å²) in [5, 5.41) is 3.93. The number of hydrogen-bond donors (Lipinski definition) is 2. The third-order valence-corrected chi connectivity index (χ3v) is 5.01. The van der Waals surface area contributed by atoms with Gasteiger partial charge < -0.3 is 10.2 Å². The zero-order chi connectivity index (χ0) is 17.8. The molecular formula is C18H22Cl2N4O+2. The van der Waals surface area contributed by atoms with Crippen molar-refractivity contribution in [1.29, 1.82) is 0 Å². The molecule has 132 valence electrons. The van der Waals surface area contributed by atoms with Crippen LogP contribution in [0, 0.1) is 0 Å². The number of nitrogens with zero attached hydrogens (tertiary/aromatic N) is 1. The van der Waals surface area contributed by atoms with Crippen LogP contribution in [0.25, 0.3) is 0 Å². The molecule has 7 heteroatoms. The molecule has 3 N–H and O–H groups in total. The average Bonchev–Trinajstić information content (AvgIpc) is 2.61. The van der Waals surface area contributed by atoms with E-state index in [1.165, 1.54) is 4.90 Å². The molecule has 1 saturated heterocycles. The summed E-state index contributed by atoms with van der Waals surface area (Å²) in [7, 11) is 0. The van der Waals surface area contributed by atoms with Crippen LogP contribution in [0.1, 0.15) is 6.92 Å². The molecule has 25 heavy (non-hydrogen) atoms. The monoisotopic (exact) mass is 380 g/mol. The Bertz CT molecular complexity index is 713. The fourth-order valence-corrected chi connectivity index (χ4v) is 3.64. The van der Waals surface area contributed by atoms with E-state index in [1.54, 1.807) is 18.2 Å². The summed E-state index contributed by atoms with van der Waals surface area (Å²) in [6.45, 7) is 5.61. The molecule has 3 rings (SSSR count). The molecule has 0 aliphatic carbocycles. The van der Waals surface area contributed by atoms with Gasteiger partial charge in [-0.25, -0.2) is 4.98 Å². The third kappa shape index (κ3) is 4.63. The van der Waals surface area contributed by atoms with Crippen molar-refractivity contribution in [1.82, 2.24) is 0 Å². The lowest BCUT2D eigenvalue weighted by molar-refractivity contribution is -0.914. The van der Waals surface area contributed by atoms with E-state index < -0.39 is 0 Å². The van der Waals surface area contributed by atoms with E-state index in [0.717, 1.165) is 32.0 Å². The largest absolute Gasteiger partial charge is 0.321 e. The number of carbonyl (C=O) groups excluding carboxylic acids is 1. The second kappa shape index (κ2) is 8.04. The number of aromatic nitrogens is 1. The first-order chi connectivity index (χ1) is 12.0. The van der Waals surface area contributed by atoms with Crippen molar-refractivity contribution < 1.29 is 14.7 Å². The first kappa shape index (κ1) is 18.0. The van der Waals surface area contributed by atoms with Crippen LogP contribution in [-0.4, -0.2) is 38.1 Å². The third-order valence-electron chi connectivity index (χ3n) is 4.57. The molecule has 5 nitrogen and oxygen atoms in total. The van der Waals surface area contributed by atoms with Crippen LogP contribution in [0.2, 0.25) is 10.0 Å². The van der Waals surface area contributed by atoms with Gasteiger partial charge in [0.05, 0.1) is 6.20 Å². The Morgan fingerprint density at radius 3 is 2.48 bits per heavy atom. The van der Waals surface area contributed by atoms with Crippen molar-refractivity contribution in [3.8, 4) is 0 Å². The number of halogens is 2. The molecular weight excluding hydrogens is 359 g/mol. The number of pyridine rings is 1. The van der Waals surface area contributed by atoms with Crippen molar-refractivity contribution in [3.05, 3.63) is 52.6 Å². The van der Waals surface area contributed by atoms with E-state index in [-0.39, 0.29) is 11.9 Å². The number of nitrogens with one attached hydrogen (secondary N) is 3. The van der Waals surface area contributed by atoms with Crippen molar-refractivity contribution >= 4 is 40.6 Å². The van der Waals surface area contributed by atoms with Crippen LogP contribution in [0.3, 0.4) is 0 Å². The SMILES string of the molecule is C[C@H](C(=O)Nc1cc(Cl)cc(Cl)c1)[NH+]1CCN(c2cccc[nH+]2)CC1. The minimum Gasteiger partial charge on any atom is -0.321 e. The summed E-state index contributed by atoms with van der Waals surface area (Å²) in [5.74, 6) is 1.10. The lowest BCUT2D eigenvalue weighted by Crippen LogP contribution is -3.19. The van der Waals surface area contributed by atoms with Gasteiger partial charge >= 0.3 is 0 Å². The number of carbonyl (C=O) groups is 1. The second-order valence-corrected chi connectivity index (χ2v) is 7.14. The summed E-state index contributed by atoms with van der Waals surface area (Å²) in [6, 6.07) is 11.0. The Morgan fingerprint density at radius 1 is 1.20 bits per heavy atom. The molecule has 0 saturated carbocycles. The first-order valence-corrected chi connectivity index (χ1v) is 9.12. The predicted molar refractivity (Wildman–Crippen MR) is 100 cm³/mol. The highest BCUT2D eigenvalue weighted by Crippen LogP contribution is 2.22. The fourth-order valence-electron chi connectivity index (χ4n) is 3.11. The minimum absolute atomic E-state index is 0.0203. The maximum absolute atomic E-state index is 12.5. The van der Waals surface area contributed by atoms with Crippen LogP contribution in [0.5, 0.6) is 0 Å². The molecule has 1 aromatic heterocycles. The molecule has 1 aliphatic rings. The van der Waals surface area contributed by atoms with Crippen LogP contribution < -0.4 is 20.1 Å². The van der Waals surface area contributed by atoms with Crippen molar-refractivity contribution in [2.24, 2.45) is 0 Å². The van der Waals surface area contributed by atoms with Gasteiger partial charge in [0.2, 0.25) is 0 Å². The number of aromatic amines is 1. The Hall–Kier alpha value is -1.82. The Morgan fingerprint density at radius 2 is 1.88 bits per heavy atom. The molecule has 1 aromatic carbocycles. The van der Waals surface area contributed by atoms with Crippen molar-refractivity contribution in [3.63, 3.8) is 0 Å². The normalized spacial score (nSPS) is 16.5. The number of benzene rings is 1. The van der Waals surface area contributed by atoms with E-state index in [9.17, 15) is 4.79 Å². The van der Waals surface area contributed by atoms with Gasteiger partial charge in [0, 0.05) is 21.8 Å². The van der Waals surface area contributed by atoms with E-state index in [2.05, 4.69) is 21.3 Å². The van der Waals surface area contributed by atoms with Crippen LogP contribution in [0.4, 0.5) is 11.5 Å². The number of amides is 1. The number of quaternary nitrogens is 1. The maximum Gasteiger partial charge on any atom is 0.282 e. The number of rotatable bonds is 4. The van der Waals surface area contributed by atoms with Crippen molar-refractivity contribution in [2.75, 3.05) is 36.4 Å². The van der Waals surface area contributed by atoms with Gasteiger partial charge in [-0.2, -0.15) is 0 Å². The molecule has 1 amide bonds. The molecule has 0 unspecified atom stereocenters. The maximum atomic E-state index is 12.5. The molecule has 0 spiro atoms. The number of H-pyrrole nitrogens is 1. The van der Waals surface area contributed by atoms with Gasteiger partial charge in [-0.1, -0.05) is 29.3 Å². The highest BCUT2D eigenvalue weighted by Gasteiger charge is 2.32. The topological polar surface area (TPSA) is 50.9 Å². The Labute approximate surface area is 157 Å². The van der Waals surface area contributed by atoms with E-state index in [4.69, 9.17) is 23.2 Å². The number of hydrogen-bond acceptors (Lipinski definition) is 2. The summed E-state index contributed by atoms with van der Waals surface area (Å²) < 4.78 is 0. The summed E-state index contributed by atoms with van der Waals surface area (Å²) in [4.78, 5) is 19.4. The average molecular weight is 381 g/mol. The van der Waals surface area contributed by atoms with Gasteiger partial charge in [0.1, 0.15) is 26.2 Å². The van der Waals surface area contributed by atoms with E-state index >= 15 is 0 Å². The molecule has 1 atom stereocenters. The van der Waals surface area contributed by atoms with Gasteiger partial charge in [-0.15, -0.1) is 0 Å². The summed E-state index contributed by atoms with van der Waals surface area (Å²) in [5.41, 5.74) is 0.631. The van der Waals surface area contributed by atoms with Crippen LogP contribution >= 0.6 is 23.2 Å². The van der Waals surface area contributed by atoms with Gasteiger partial charge in [-0.3, -0.25) is 9.69 Å². The highest BCUT2D eigenvalue weighted by molar-refractivity contribution is 6.35. The second-order valence-electron chi connectivity index (χ2n) is 6.26. The summed E-state index contributed by atoms with van der Waals surface area (Å²) in [6.07, 6.45) is 1.93. The van der Waals surface area contributed by atoms with Crippen LogP contribution in [0.15, 0.2) is 42.6 Å². The molecule has 1 aliphatic heterocycles. The number of anilines is 2. The Balaban J connectivity index is 1.56. The predicted octanol–water partition coefficient (Wildman–Crippen LogP) is 1.54. The zero-order valence-electron chi connectivity index (χ0n) is 14.1. The molecule has 2 heterocycles.